The third-order valence-corrected chi connectivity index (χ3v) is 6.04. The zero-order valence-electron chi connectivity index (χ0n) is 18.3. The number of halogens is 4. The Bertz CT molecular complexity index is 1160. The molecule has 2 aliphatic rings. The largest absolute Gasteiger partial charge is 0.419 e. The lowest BCUT2D eigenvalue weighted by molar-refractivity contribution is -0.137. The summed E-state index contributed by atoms with van der Waals surface area (Å²) in [6, 6.07) is 8.43. The van der Waals surface area contributed by atoms with Crippen molar-refractivity contribution >= 4 is 17.7 Å². The monoisotopic (exact) mass is 473 g/mol. The smallest absolute Gasteiger partial charge is 0.353 e. The average Bonchev–Trinajstić information content (AvgIpc) is 3.39. The zero-order valence-corrected chi connectivity index (χ0v) is 18.3. The Morgan fingerprint density at radius 2 is 1.38 bits per heavy atom. The quantitative estimate of drug-likeness (QED) is 0.531. The Morgan fingerprint density at radius 1 is 0.735 bits per heavy atom. The molecule has 2 aliphatic heterocycles. The zero-order chi connectivity index (χ0) is 23.7. The van der Waals surface area contributed by atoms with Gasteiger partial charge in [0.25, 0.3) is 0 Å². The van der Waals surface area contributed by atoms with Crippen LogP contribution < -0.4 is 14.7 Å². The number of aromatic nitrogens is 4. The van der Waals surface area contributed by atoms with Crippen molar-refractivity contribution < 1.29 is 17.6 Å². The summed E-state index contributed by atoms with van der Waals surface area (Å²) in [4.78, 5) is 23.5. The molecule has 34 heavy (non-hydrogen) atoms. The van der Waals surface area contributed by atoms with Crippen molar-refractivity contribution in [1.29, 1.82) is 0 Å². The number of pyridine rings is 1. The van der Waals surface area contributed by atoms with Crippen molar-refractivity contribution in [1.82, 2.24) is 19.9 Å². The Hall–Kier alpha value is -3.50. The van der Waals surface area contributed by atoms with Gasteiger partial charge in [-0.1, -0.05) is 12.1 Å². The lowest BCUT2D eigenvalue weighted by Crippen LogP contribution is -2.48. The van der Waals surface area contributed by atoms with Crippen LogP contribution in [0.5, 0.6) is 0 Å². The summed E-state index contributed by atoms with van der Waals surface area (Å²) in [5.74, 6) is 0.897. The van der Waals surface area contributed by atoms with Crippen LogP contribution in [-0.2, 0) is 6.18 Å². The highest BCUT2D eigenvalue weighted by molar-refractivity contribution is 5.59. The topological polar surface area (TPSA) is 61.3 Å². The van der Waals surface area contributed by atoms with Crippen LogP contribution in [0, 0.1) is 5.82 Å². The molecule has 2 saturated heterocycles. The number of nitrogens with zero attached hydrogens (tertiary/aromatic N) is 7. The number of hydrogen-bond donors (Lipinski definition) is 0. The molecule has 11 heteroatoms. The van der Waals surface area contributed by atoms with Crippen molar-refractivity contribution in [3.05, 3.63) is 54.0 Å². The van der Waals surface area contributed by atoms with Gasteiger partial charge in [-0.15, -0.1) is 0 Å². The predicted octanol–water partition coefficient (Wildman–Crippen LogP) is 4.02. The molecular formula is C23H23F4N7. The van der Waals surface area contributed by atoms with E-state index in [0.29, 0.717) is 49.5 Å². The maximum atomic E-state index is 13.8. The minimum Gasteiger partial charge on any atom is -0.353 e. The third kappa shape index (κ3) is 4.59. The molecule has 4 heterocycles. The van der Waals surface area contributed by atoms with Gasteiger partial charge in [0.05, 0.1) is 5.56 Å². The number of alkyl halides is 3. The Morgan fingerprint density at radius 3 is 2.03 bits per heavy atom. The predicted molar refractivity (Wildman–Crippen MR) is 120 cm³/mol. The van der Waals surface area contributed by atoms with Gasteiger partial charge in [0, 0.05) is 51.0 Å². The molecule has 178 valence electrons. The second-order valence-corrected chi connectivity index (χ2v) is 8.31. The van der Waals surface area contributed by atoms with Crippen molar-refractivity contribution in [2.24, 2.45) is 0 Å². The van der Waals surface area contributed by atoms with Crippen LogP contribution in [-0.4, -0.2) is 59.2 Å². The number of anilines is 3. The first-order chi connectivity index (χ1) is 16.4. The van der Waals surface area contributed by atoms with Crippen LogP contribution in [0.15, 0.2) is 42.6 Å². The summed E-state index contributed by atoms with van der Waals surface area (Å²) in [6.45, 7) is 3.17. The van der Waals surface area contributed by atoms with E-state index in [2.05, 4.69) is 24.8 Å². The highest BCUT2D eigenvalue weighted by Crippen LogP contribution is 2.35. The maximum absolute atomic E-state index is 13.8. The van der Waals surface area contributed by atoms with Gasteiger partial charge in [-0.3, -0.25) is 0 Å². The second kappa shape index (κ2) is 9.03. The average molecular weight is 473 g/mol. The fourth-order valence-electron chi connectivity index (χ4n) is 4.30. The van der Waals surface area contributed by atoms with Gasteiger partial charge in [-0.2, -0.15) is 28.1 Å². The van der Waals surface area contributed by atoms with Crippen molar-refractivity contribution in [2.45, 2.75) is 19.0 Å². The van der Waals surface area contributed by atoms with E-state index >= 15 is 0 Å². The molecule has 2 aromatic heterocycles. The summed E-state index contributed by atoms with van der Waals surface area (Å²) in [5.41, 5.74) is -0.195. The molecular weight excluding hydrogens is 450 g/mol. The summed E-state index contributed by atoms with van der Waals surface area (Å²) in [6.07, 6.45) is -1.02. The molecule has 0 amide bonds. The van der Waals surface area contributed by atoms with Crippen LogP contribution in [0.2, 0.25) is 0 Å². The molecule has 2 fully saturated rings. The summed E-state index contributed by atoms with van der Waals surface area (Å²) < 4.78 is 54.2. The molecule has 0 N–H and O–H groups in total. The van der Waals surface area contributed by atoms with E-state index in [-0.39, 0.29) is 11.6 Å². The fourth-order valence-corrected chi connectivity index (χ4v) is 4.30. The van der Waals surface area contributed by atoms with Gasteiger partial charge in [-0.25, -0.2) is 9.37 Å². The Labute approximate surface area is 194 Å². The minimum absolute atomic E-state index is 0.0662. The first kappa shape index (κ1) is 22.3. The lowest BCUT2D eigenvalue weighted by atomic mass is 10.2. The van der Waals surface area contributed by atoms with Crippen molar-refractivity contribution in [2.75, 3.05) is 54.0 Å². The van der Waals surface area contributed by atoms with Crippen LogP contribution >= 0.6 is 0 Å². The highest BCUT2D eigenvalue weighted by Gasteiger charge is 2.36. The van der Waals surface area contributed by atoms with E-state index in [1.54, 1.807) is 17.0 Å². The first-order valence-corrected chi connectivity index (χ1v) is 11.2. The molecule has 0 aliphatic carbocycles. The van der Waals surface area contributed by atoms with E-state index in [1.807, 2.05) is 4.90 Å². The summed E-state index contributed by atoms with van der Waals surface area (Å²) in [7, 11) is 0. The second-order valence-electron chi connectivity index (χ2n) is 8.31. The number of hydrogen-bond acceptors (Lipinski definition) is 7. The fraction of sp³-hybridized carbons (Fsp3) is 0.391. The number of rotatable bonds is 4. The Balaban J connectivity index is 1.41. The molecule has 3 aromatic rings. The van der Waals surface area contributed by atoms with E-state index in [1.165, 1.54) is 24.4 Å². The summed E-state index contributed by atoms with van der Waals surface area (Å²) >= 11 is 0. The molecule has 0 unspecified atom stereocenters. The van der Waals surface area contributed by atoms with Gasteiger partial charge in [0.1, 0.15) is 11.6 Å². The molecule has 0 radical (unpaired) electrons. The third-order valence-electron chi connectivity index (χ3n) is 6.04. The van der Waals surface area contributed by atoms with E-state index in [9.17, 15) is 17.6 Å². The van der Waals surface area contributed by atoms with E-state index < -0.39 is 11.7 Å². The normalized spacial score (nSPS) is 16.9. The molecule has 5 rings (SSSR count). The van der Waals surface area contributed by atoms with Gasteiger partial charge >= 0.3 is 6.18 Å². The van der Waals surface area contributed by atoms with Crippen LogP contribution in [0.4, 0.5) is 35.3 Å². The highest BCUT2D eigenvalue weighted by atomic mass is 19.4. The SMILES string of the molecule is Fc1cccc(-c2nc(N3CCCC3)nc(N3CCN(c4ncccc4C(F)(F)F)CC3)n2)c1. The minimum atomic E-state index is -4.47. The van der Waals surface area contributed by atoms with Crippen LogP contribution in [0.3, 0.4) is 0 Å². The molecule has 1 aromatic carbocycles. The van der Waals surface area contributed by atoms with E-state index in [0.717, 1.165) is 32.0 Å². The van der Waals surface area contributed by atoms with Crippen LogP contribution in [0.25, 0.3) is 11.4 Å². The molecule has 7 nitrogen and oxygen atoms in total. The summed E-state index contributed by atoms with van der Waals surface area (Å²) in [5, 5.41) is 0. The van der Waals surface area contributed by atoms with Crippen molar-refractivity contribution in [3.63, 3.8) is 0 Å². The van der Waals surface area contributed by atoms with Crippen molar-refractivity contribution in [3.8, 4) is 11.4 Å². The maximum Gasteiger partial charge on any atom is 0.419 e. The van der Waals surface area contributed by atoms with Crippen LogP contribution in [0.1, 0.15) is 18.4 Å². The van der Waals surface area contributed by atoms with E-state index in [4.69, 9.17) is 0 Å². The molecule has 0 atom stereocenters. The first-order valence-electron chi connectivity index (χ1n) is 11.2. The van der Waals surface area contributed by atoms with Gasteiger partial charge in [0.2, 0.25) is 11.9 Å². The van der Waals surface area contributed by atoms with Gasteiger partial charge in [0.15, 0.2) is 5.82 Å². The standard InChI is InChI=1S/C23H23F4N7/c24-17-6-3-5-16(15-17)19-29-21(33-9-1-2-10-33)31-22(30-19)34-13-11-32(12-14-34)20-18(23(25,26)27)7-4-8-28-20/h3-8,15H,1-2,9-14H2. The van der Waals surface area contributed by atoms with Gasteiger partial charge in [-0.05, 0) is 37.1 Å². The molecule has 0 saturated carbocycles. The number of benzene rings is 1. The Kier molecular flexibility index (Phi) is 5.93. The van der Waals surface area contributed by atoms with Gasteiger partial charge < -0.3 is 14.7 Å². The lowest BCUT2D eigenvalue weighted by Gasteiger charge is -2.36. The number of piperazine rings is 1. The molecule has 0 spiro atoms. The molecule has 0 bridgehead atoms.